The molecule has 8 nitrogen and oxygen atoms in total. The SMILES string of the molecule is COCCNC(=O)COc1ccc(-c2nc(-c3ccc(OC)cc3)no2)cc1. The fraction of sp³-hybridized carbons (Fsp3) is 0.250. The summed E-state index contributed by atoms with van der Waals surface area (Å²) in [7, 11) is 3.19. The molecule has 0 atom stereocenters. The first-order chi connectivity index (χ1) is 13.7. The van der Waals surface area contributed by atoms with Gasteiger partial charge in [-0.25, -0.2) is 0 Å². The molecular weight excluding hydrogens is 362 g/mol. The zero-order valence-electron chi connectivity index (χ0n) is 15.7. The molecule has 1 N–H and O–H groups in total. The molecule has 0 aliphatic rings. The number of hydrogen-bond donors (Lipinski definition) is 1. The first-order valence-electron chi connectivity index (χ1n) is 8.66. The highest BCUT2D eigenvalue weighted by Crippen LogP contribution is 2.25. The van der Waals surface area contributed by atoms with Crippen LogP contribution < -0.4 is 14.8 Å². The molecule has 0 aliphatic heterocycles. The second kappa shape index (κ2) is 9.52. The lowest BCUT2D eigenvalue weighted by atomic mass is 10.2. The number of carbonyl (C=O) groups is 1. The minimum absolute atomic E-state index is 0.0642. The molecule has 0 aliphatic carbocycles. The predicted molar refractivity (Wildman–Crippen MR) is 102 cm³/mol. The van der Waals surface area contributed by atoms with Gasteiger partial charge in [-0.15, -0.1) is 0 Å². The summed E-state index contributed by atoms with van der Waals surface area (Å²) in [6.45, 7) is 0.847. The van der Waals surface area contributed by atoms with Crippen LogP contribution in [0.5, 0.6) is 11.5 Å². The van der Waals surface area contributed by atoms with E-state index in [1.54, 1.807) is 38.5 Å². The Kier molecular flexibility index (Phi) is 6.59. The van der Waals surface area contributed by atoms with Crippen LogP contribution in [-0.4, -0.2) is 50.0 Å². The second-order valence-electron chi connectivity index (χ2n) is 5.81. The van der Waals surface area contributed by atoms with Crippen molar-refractivity contribution in [3.63, 3.8) is 0 Å². The summed E-state index contributed by atoms with van der Waals surface area (Å²) >= 11 is 0. The van der Waals surface area contributed by atoms with E-state index in [9.17, 15) is 4.79 Å². The fourth-order valence-corrected chi connectivity index (χ4v) is 2.38. The minimum atomic E-state index is -0.206. The standard InChI is InChI=1S/C20H21N3O5/c1-25-12-11-21-18(24)13-27-17-9-5-15(6-10-17)20-22-19(23-28-20)14-3-7-16(26-2)8-4-14/h3-10H,11-13H2,1-2H3,(H,21,24). The lowest BCUT2D eigenvalue weighted by Gasteiger charge is -2.07. The number of nitrogens with zero attached hydrogens (tertiary/aromatic N) is 2. The Bertz CT molecular complexity index is 891. The van der Waals surface area contributed by atoms with Gasteiger partial charge in [0.05, 0.1) is 13.7 Å². The molecule has 0 saturated carbocycles. The third-order valence-corrected chi connectivity index (χ3v) is 3.87. The molecule has 1 heterocycles. The molecular formula is C20H21N3O5. The zero-order chi connectivity index (χ0) is 19.8. The van der Waals surface area contributed by atoms with Gasteiger partial charge in [-0.1, -0.05) is 5.16 Å². The average molecular weight is 383 g/mol. The Morgan fingerprint density at radius 2 is 1.68 bits per heavy atom. The van der Waals surface area contributed by atoms with Gasteiger partial charge in [0.25, 0.3) is 11.8 Å². The fourth-order valence-electron chi connectivity index (χ4n) is 2.38. The van der Waals surface area contributed by atoms with Crippen LogP contribution in [0.15, 0.2) is 53.1 Å². The third kappa shape index (κ3) is 5.08. The van der Waals surface area contributed by atoms with E-state index in [-0.39, 0.29) is 12.5 Å². The summed E-state index contributed by atoms with van der Waals surface area (Å²) in [5, 5.41) is 6.70. The van der Waals surface area contributed by atoms with Crippen molar-refractivity contribution in [2.75, 3.05) is 34.0 Å². The van der Waals surface area contributed by atoms with E-state index in [0.29, 0.717) is 30.6 Å². The molecule has 1 aromatic heterocycles. The van der Waals surface area contributed by atoms with Crippen LogP contribution in [0, 0.1) is 0 Å². The number of amides is 1. The van der Waals surface area contributed by atoms with Crippen LogP contribution in [0.3, 0.4) is 0 Å². The molecule has 146 valence electrons. The van der Waals surface area contributed by atoms with Crippen LogP contribution >= 0.6 is 0 Å². The second-order valence-corrected chi connectivity index (χ2v) is 5.81. The zero-order valence-corrected chi connectivity index (χ0v) is 15.7. The first-order valence-corrected chi connectivity index (χ1v) is 8.66. The normalized spacial score (nSPS) is 10.5. The summed E-state index contributed by atoms with van der Waals surface area (Å²) in [6, 6.07) is 14.5. The summed E-state index contributed by atoms with van der Waals surface area (Å²) in [5.74, 6) is 2.01. The maximum absolute atomic E-state index is 11.6. The molecule has 0 bridgehead atoms. The number of ether oxygens (including phenoxy) is 3. The van der Waals surface area contributed by atoms with Crippen molar-refractivity contribution in [3.05, 3.63) is 48.5 Å². The number of benzene rings is 2. The summed E-state index contributed by atoms with van der Waals surface area (Å²) in [6.07, 6.45) is 0. The first kappa shape index (κ1) is 19.4. The maximum atomic E-state index is 11.6. The number of aromatic nitrogens is 2. The molecule has 0 saturated heterocycles. The van der Waals surface area contributed by atoms with E-state index in [1.807, 2.05) is 24.3 Å². The Morgan fingerprint density at radius 3 is 2.36 bits per heavy atom. The molecule has 28 heavy (non-hydrogen) atoms. The highest BCUT2D eigenvalue weighted by Gasteiger charge is 2.11. The molecule has 3 rings (SSSR count). The van der Waals surface area contributed by atoms with Gasteiger partial charge >= 0.3 is 0 Å². The van der Waals surface area contributed by atoms with Gasteiger partial charge in [-0.2, -0.15) is 4.98 Å². The van der Waals surface area contributed by atoms with Crippen molar-refractivity contribution < 1.29 is 23.5 Å². The predicted octanol–water partition coefficient (Wildman–Crippen LogP) is 2.55. The number of hydrogen-bond acceptors (Lipinski definition) is 7. The van der Waals surface area contributed by atoms with E-state index in [0.717, 1.165) is 16.9 Å². The molecule has 8 heteroatoms. The number of nitrogens with one attached hydrogen (secondary N) is 1. The number of carbonyl (C=O) groups excluding carboxylic acids is 1. The van der Waals surface area contributed by atoms with Crippen LogP contribution in [0.4, 0.5) is 0 Å². The van der Waals surface area contributed by atoms with Crippen LogP contribution in [-0.2, 0) is 9.53 Å². The van der Waals surface area contributed by atoms with E-state index >= 15 is 0 Å². The number of rotatable bonds is 9. The van der Waals surface area contributed by atoms with Crippen molar-refractivity contribution in [2.45, 2.75) is 0 Å². The van der Waals surface area contributed by atoms with E-state index < -0.39 is 0 Å². The van der Waals surface area contributed by atoms with E-state index in [4.69, 9.17) is 18.7 Å². The van der Waals surface area contributed by atoms with Gasteiger partial charge in [-0.05, 0) is 48.5 Å². The van der Waals surface area contributed by atoms with Crippen molar-refractivity contribution in [1.29, 1.82) is 0 Å². The molecule has 0 unspecified atom stereocenters. The van der Waals surface area contributed by atoms with Crippen molar-refractivity contribution in [2.24, 2.45) is 0 Å². The van der Waals surface area contributed by atoms with E-state index in [1.165, 1.54) is 0 Å². The molecule has 3 aromatic rings. The highest BCUT2D eigenvalue weighted by molar-refractivity contribution is 5.77. The Balaban J connectivity index is 1.59. The smallest absolute Gasteiger partial charge is 0.258 e. The average Bonchev–Trinajstić information content (AvgIpc) is 3.23. The minimum Gasteiger partial charge on any atom is -0.497 e. The molecule has 2 aromatic carbocycles. The van der Waals surface area contributed by atoms with Gasteiger partial charge in [0.15, 0.2) is 6.61 Å². The largest absolute Gasteiger partial charge is 0.497 e. The topological polar surface area (TPSA) is 95.7 Å². The van der Waals surface area contributed by atoms with Crippen LogP contribution in [0.1, 0.15) is 0 Å². The van der Waals surface area contributed by atoms with Crippen molar-refractivity contribution >= 4 is 5.91 Å². The molecule has 0 spiro atoms. The summed E-state index contributed by atoms with van der Waals surface area (Å²) in [5.41, 5.74) is 1.58. The lowest BCUT2D eigenvalue weighted by Crippen LogP contribution is -2.31. The van der Waals surface area contributed by atoms with Gasteiger partial charge in [-0.3, -0.25) is 4.79 Å². The highest BCUT2D eigenvalue weighted by atomic mass is 16.5. The lowest BCUT2D eigenvalue weighted by molar-refractivity contribution is -0.123. The van der Waals surface area contributed by atoms with Gasteiger partial charge in [0, 0.05) is 24.8 Å². The van der Waals surface area contributed by atoms with E-state index in [2.05, 4.69) is 15.5 Å². The molecule has 0 radical (unpaired) electrons. The van der Waals surface area contributed by atoms with Crippen molar-refractivity contribution in [1.82, 2.24) is 15.5 Å². The molecule has 1 amide bonds. The summed E-state index contributed by atoms with van der Waals surface area (Å²) < 4.78 is 20.8. The monoisotopic (exact) mass is 383 g/mol. The maximum Gasteiger partial charge on any atom is 0.258 e. The Labute approximate surface area is 162 Å². The van der Waals surface area contributed by atoms with Crippen molar-refractivity contribution in [3.8, 4) is 34.3 Å². The number of methoxy groups -OCH3 is 2. The summed E-state index contributed by atoms with van der Waals surface area (Å²) in [4.78, 5) is 16.0. The van der Waals surface area contributed by atoms with Crippen LogP contribution in [0.2, 0.25) is 0 Å². The van der Waals surface area contributed by atoms with Gasteiger partial charge in [0.1, 0.15) is 11.5 Å². The van der Waals surface area contributed by atoms with Gasteiger partial charge < -0.3 is 24.1 Å². The Hall–Kier alpha value is -3.39. The van der Waals surface area contributed by atoms with Gasteiger partial charge in [0.2, 0.25) is 5.82 Å². The molecule has 0 fully saturated rings. The third-order valence-electron chi connectivity index (χ3n) is 3.87. The van der Waals surface area contributed by atoms with Crippen LogP contribution in [0.25, 0.3) is 22.8 Å². The Morgan fingerprint density at radius 1 is 1.00 bits per heavy atom. The quantitative estimate of drug-likeness (QED) is 0.567.